The number of hydrogen-bond donors (Lipinski definition) is 2. The number of nitrogens with one attached hydrogen (secondary N) is 2. The number of carbonyl (C=O) groups excluding carboxylic acids is 1. The number of rotatable bonds is 4. The normalized spacial score (nSPS) is 19.8. The van der Waals surface area contributed by atoms with Gasteiger partial charge in [0.1, 0.15) is 11.9 Å². The fourth-order valence-electron chi connectivity index (χ4n) is 4.98. The SMILES string of the molecule is N#Cc1cnc2nc(C3(c4ccc(C(=O)NC5CCCCC5)cc4)CC(F)(F)C3)[nH]c2c1. The lowest BCUT2D eigenvalue weighted by Crippen LogP contribution is -2.50. The van der Waals surface area contributed by atoms with Crippen molar-refractivity contribution in [2.24, 2.45) is 0 Å². The molecule has 2 saturated carbocycles. The third-order valence-electron chi connectivity index (χ3n) is 6.68. The molecule has 0 saturated heterocycles. The average Bonchev–Trinajstić information content (AvgIpc) is 3.21. The first-order chi connectivity index (χ1) is 15.4. The Balaban J connectivity index is 1.43. The van der Waals surface area contributed by atoms with E-state index in [1.807, 2.05) is 6.07 Å². The molecule has 32 heavy (non-hydrogen) atoms. The second-order valence-corrected chi connectivity index (χ2v) is 8.97. The third-order valence-corrected chi connectivity index (χ3v) is 6.68. The monoisotopic (exact) mass is 435 g/mol. The number of halogens is 2. The van der Waals surface area contributed by atoms with Gasteiger partial charge in [0.05, 0.1) is 16.5 Å². The van der Waals surface area contributed by atoms with E-state index in [2.05, 4.69) is 20.3 Å². The molecule has 6 nitrogen and oxygen atoms in total. The van der Waals surface area contributed by atoms with Gasteiger partial charge in [-0.2, -0.15) is 5.26 Å². The van der Waals surface area contributed by atoms with Gasteiger partial charge in [0, 0.05) is 30.6 Å². The van der Waals surface area contributed by atoms with Crippen LogP contribution >= 0.6 is 0 Å². The molecule has 0 atom stereocenters. The largest absolute Gasteiger partial charge is 0.349 e. The van der Waals surface area contributed by atoms with Crippen LogP contribution in [-0.4, -0.2) is 32.8 Å². The summed E-state index contributed by atoms with van der Waals surface area (Å²) >= 11 is 0. The predicted molar refractivity (Wildman–Crippen MR) is 114 cm³/mol. The number of nitrogens with zero attached hydrogens (tertiary/aromatic N) is 3. The average molecular weight is 435 g/mol. The zero-order chi connectivity index (χ0) is 22.3. The molecule has 2 N–H and O–H groups in total. The van der Waals surface area contributed by atoms with Crippen LogP contribution in [-0.2, 0) is 5.41 Å². The number of carbonyl (C=O) groups is 1. The van der Waals surface area contributed by atoms with E-state index in [9.17, 15) is 13.6 Å². The first-order valence-corrected chi connectivity index (χ1v) is 10.9. The van der Waals surface area contributed by atoms with Crippen molar-refractivity contribution in [2.75, 3.05) is 0 Å². The Hall–Kier alpha value is -3.34. The molecule has 1 amide bonds. The highest BCUT2D eigenvalue weighted by Crippen LogP contribution is 2.56. The zero-order valence-electron chi connectivity index (χ0n) is 17.5. The van der Waals surface area contributed by atoms with Gasteiger partial charge in [-0.15, -0.1) is 0 Å². The number of aromatic amines is 1. The van der Waals surface area contributed by atoms with E-state index in [1.54, 1.807) is 30.3 Å². The Morgan fingerprint density at radius 3 is 2.53 bits per heavy atom. The molecule has 1 aromatic carbocycles. The summed E-state index contributed by atoms with van der Waals surface area (Å²) in [6, 6.07) is 10.7. The van der Waals surface area contributed by atoms with E-state index in [0.29, 0.717) is 33.7 Å². The van der Waals surface area contributed by atoms with Gasteiger partial charge in [-0.25, -0.2) is 18.7 Å². The van der Waals surface area contributed by atoms with E-state index >= 15 is 0 Å². The number of pyridine rings is 1. The molecule has 2 heterocycles. The first-order valence-electron chi connectivity index (χ1n) is 10.9. The van der Waals surface area contributed by atoms with E-state index in [1.165, 1.54) is 12.6 Å². The van der Waals surface area contributed by atoms with Crippen molar-refractivity contribution in [1.82, 2.24) is 20.3 Å². The number of hydrogen-bond acceptors (Lipinski definition) is 4. The maximum Gasteiger partial charge on any atom is 0.251 e. The quantitative estimate of drug-likeness (QED) is 0.626. The number of H-pyrrole nitrogens is 1. The van der Waals surface area contributed by atoms with Crippen LogP contribution in [0.15, 0.2) is 36.5 Å². The van der Waals surface area contributed by atoms with Crippen LogP contribution in [0, 0.1) is 11.3 Å². The molecule has 0 aliphatic heterocycles. The van der Waals surface area contributed by atoms with E-state index in [0.717, 1.165) is 25.7 Å². The highest BCUT2D eigenvalue weighted by molar-refractivity contribution is 5.94. The van der Waals surface area contributed by atoms with Gasteiger partial charge >= 0.3 is 0 Å². The van der Waals surface area contributed by atoms with Crippen molar-refractivity contribution >= 4 is 17.1 Å². The summed E-state index contributed by atoms with van der Waals surface area (Å²) in [5.74, 6) is -2.52. The van der Waals surface area contributed by atoms with Crippen LogP contribution in [0.4, 0.5) is 8.78 Å². The number of nitriles is 1. The van der Waals surface area contributed by atoms with Crippen LogP contribution in [0.3, 0.4) is 0 Å². The van der Waals surface area contributed by atoms with Crippen LogP contribution in [0.2, 0.25) is 0 Å². The van der Waals surface area contributed by atoms with Crippen molar-refractivity contribution in [3.8, 4) is 6.07 Å². The third kappa shape index (κ3) is 3.62. The summed E-state index contributed by atoms with van der Waals surface area (Å²) < 4.78 is 28.2. The number of fused-ring (bicyclic) bond motifs is 1. The number of benzene rings is 1. The Kier molecular flexibility index (Phi) is 4.92. The Labute approximate surface area is 184 Å². The molecule has 2 aliphatic carbocycles. The molecule has 8 heteroatoms. The second kappa shape index (κ2) is 7.66. The summed E-state index contributed by atoms with van der Waals surface area (Å²) in [4.78, 5) is 24.4. The van der Waals surface area contributed by atoms with Crippen LogP contribution in [0.5, 0.6) is 0 Å². The molecule has 0 bridgehead atoms. The molecule has 0 spiro atoms. The number of amides is 1. The lowest BCUT2D eigenvalue weighted by molar-refractivity contribution is -0.115. The molecular weight excluding hydrogens is 412 g/mol. The maximum atomic E-state index is 14.1. The molecule has 3 aromatic rings. The standard InChI is InChI=1S/C24H23F2N5O/c25-24(26)13-23(14-24,22-30-19-10-15(11-27)12-28-20(19)31-22)17-8-6-16(7-9-17)21(32)29-18-4-2-1-3-5-18/h6-10,12,18H,1-5,13-14H2,(H,29,32)(H,28,30,31). The van der Waals surface area contributed by atoms with Crippen molar-refractivity contribution in [3.63, 3.8) is 0 Å². The molecule has 2 fully saturated rings. The van der Waals surface area contributed by atoms with E-state index < -0.39 is 11.3 Å². The summed E-state index contributed by atoms with van der Waals surface area (Å²) in [6.45, 7) is 0. The molecule has 5 rings (SSSR count). The topological polar surface area (TPSA) is 94.5 Å². The second-order valence-electron chi connectivity index (χ2n) is 8.97. The number of aromatic nitrogens is 3. The minimum atomic E-state index is -2.79. The number of alkyl halides is 2. The van der Waals surface area contributed by atoms with Gasteiger partial charge in [0.25, 0.3) is 11.8 Å². The molecule has 2 aliphatic rings. The van der Waals surface area contributed by atoms with Gasteiger partial charge in [0.2, 0.25) is 0 Å². The van der Waals surface area contributed by atoms with Gasteiger partial charge < -0.3 is 10.3 Å². The minimum Gasteiger partial charge on any atom is -0.349 e. The van der Waals surface area contributed by atoms with Gasteiger partial charge in [-0.05, 0) is 36.6 Å². The molecule has 0 unspecified atom stereocenters. The lowest BCUT2D eigenvalue weighted by Gasteiger charge is -2.46. The first kappa shape index (κ1) is 20.6. The highest BCUT2D eigenvalue weighted by Gasteiger charge is 2.60. The summed E-state index contributed by atoms with van der Waals surface area (Å²) in [7, 11) is 0. The van der Waals surface area contributed by atoms with Crippen LogP contribution in [0.1, 0.15) is 72.3 Å². The van der Waals surface area contributed by atoms with Crippen LogP contribution in [0.25, 0.3) is 11.2 Å². The van der Waals surface area contributed by atoms with Gasteiger partial charge in [0.15, 0.2) is 5.65 Å². The Bertz CT molecular complexity index is 1200. The molecule has 164 valence electrons. The Morgan fingerprint density at radius 2 is 1.88 bits per heavy atom. The van der Waals surface area contributed by atoms with Crippen molar-refractivity contribution in [1.29, 1.82) is 5.26 Å². The summed E-state index contributed by atoms with van der Waals surface area (Å²) in [6.07, 6.45) is 6.12. The predicted octanol–water partition coefficient (Wildman–Crippen LogP) is 4.61. The molecular formula is C24H23F2N5O. The number of imidazole rings is 1. The van der Waals surface area contributed by atoms with Crippen molar-refractivity contribution in [2.45, 2.75) is 62.3 Å². The lowest BCUT2D eigenvalue weighted by atomic mass is 9.61. The van der Waals surface area contributed by atoms with Gasteiger partial charge in [-0.1, -0.05) is 31.4 Å². The fourth-order valence-corrected chi connectivity index (χ4v) is 4.98. The molecule has 2 aromatic heterocycles. The summed E-state index contributed by atoms with van der Waals surface area (Å²) in [5.41, 5.74) is 1.50. The Morgan fingerprint density at radius 1 is 1.16 bits per heavy atom. The smallest absolute Gasteiger partial charge is 0.251 e. The van der Waals surface area contributed by atoms with Crippen molar-refractivity contribution < 1.29 is 13.6 Å². The summed E-state index contributed by atoms with van der Waals surface area (Å²) in [5, 5.41) is 12.2. The van der Waals surface area contributed by atoms with Gasteiger partial charge in [-0.3, -0.25) is 4.79 Å². The van der Waals surface area contributed by atoms with Crippen molar-refractivity contribution in [3.05, 3.63) is 59.0 Å². The zero-order valence-corrected chi connectivity index (χ0v) is 17.5. The highest BCUT2D eigenvalue weighted by atomic mass is 19.3. The van der Waals surface area contributed by atoms with E-state index in [4.69, 9.17) is 5.26 Å². The maximum absolute atomic E-state index is 14.1. The molecule has 0 radical (unpaired) electrons. The fraction of sp³-hybridized carbons (Fsp3) is 0.417. The van der Waals surface area contributed by atoms with E-state index in [-0.39, 0.29) is 24.8 Å². The minimum absolute atomic E-state index is 0.131. The van der Waals surface area contributed by atoms with Crippen LogP contribution < -0.4 is 5.32 Å².